The lowest BCUT2D eigenvalue weighted by Crippen LogP contribution is -1.99. The van der Waals surface area contributed by atoms with Gasteiger partial charge in [0.05, 0.1) is 6.10 Å². The molecule has 0 saturated carbocycles. The van der Waals surface area contributed by atoms with Crippen LogP contribution < -0.4 is 0 Å². The van der Waals surface area contributed by atoms with Gasteiger partial charge in [0.2, 0.25) is 0 Å². The van der Waals surface area contributed by atoms with Crippen molar-refractivity contribution in [3.05, 3.63) is 70.5 Å². The van der Waals surface area contributed by atoms with Gasteiger partial charge >= 0.3 is 0 Å². The Labute approximate surface area is 117 Å². The summed E-state index contributed by atoms with van der Waals surface area (Å²) in [5.74, 6) is -0.412. The molecule has 0 fully saturated rings. The van der Waals surface area contributed by atoms with Crippen molar-refractivity contribution in [1.29, 1.82) is 0 Å². The molecule has 0 bridgehead atoms. The van der Waals surface area contributed by atoms with E-state index in [-0.39, 0.29) is 0 Å². The van der Waals surface area contributed by atoms with E-state index in [2.05, 4.69) is 12.1 Å². The van der Waals surface area contributed by atoms with Gasteiger partial charge < -0.3 is 5.11 Å². The fourth-order valence-corrected chi connectivity index (χ4v) is 2.31. The normalized spacial score (nSPS) is 12.4. The first kappa shape index (κ1) is 14.0. The Morgan fingerprint density at radius 1 is 1.11 bits per heavy atom. The molecule has 0 aliphatic carbocycles. The molecule has 2 aromatic rings. The van der Waals surface area contributed by atoms with E-state index < -0.39 is 11.9 Å². The molecule has 0 aromatic heterocycles. The van der Waals surface area contributed by atoms with Gasteiger partial charge in [-0.25, -0.2) is 4.39 Å². The van der Waals surface area contributed by atoms with Crippen LogP contribution in [0, 0.1) is 5.82 Å². The second-order valence-corrected chi connectivity index (χ2v) is 5.03. The number of aliphatic hydroxyl groups excluding tert-OH is 1. The smallest absolute Gasteiger partial charge is 0.125 e. The fraction of sp³-hybridized carbons (Fsp3) is 0.250. The molecule has 0 spiro atoms. The first-order valence-corrected chi connectivity index (χ1v) is 6.71. The standard InChI is InChI=1S/C16H16ClFO/c17-14-9-13(10-15(18)11-14)16(19)8-4-7-12-5-2-1-3-6-12/h1-3,5-6,9-11,16,19H,4,7-8H2. The lowest BCUT2D eigenvalue weighted by atomic mass is 10.0. The van der Waals surface area contributed by atoms with Gasteiger partial charge in [-0.1, -0.05) is 41.9 Å². The molecule has 1 nitrogen and oxygen atoms in total. The third-order valence-corrected chi connectivity index (χ3v) is 3.27. The topological polar surface area (TPSA) is 20.2 Å². The minimum Gasteiger partial charge on any atom is -0.388 e. The molecule has 1 atom stereocenters. The molecule has 0 aliphatic rings. The Morgan fingerprint density at radius 3 is 2.53 bits per heavy atom. The summed E-state index contributed by atoms with van der Waals surface area (Å²) in [6.45, 7) is 0. The Kier molecular flexibility index (Phi) is 4.94. The lowest BCUT2D eigenvalue weighted by Gasteiger charge is -2.11. The third kappa shape index (κ3) is 4.34. The van der Waals surface area contributed by atoms with E-state index in [1.165, 1.54) is 17.7 Å². The van der Waals surface area contributed by atoms with Gasteiger partial charge in [-0.3, -0.25) is 0 Å². The molecule has 0 amide bonds. The fourth-order valence-electron chi connectivity index (χ4n) is 2.08. The summed E-state index contributed by atoms with van der Waals surface area (Å²) in [5.41, 5.74) is 1.78. The molecule has 1 unspecified atom stereocenters. The SMILES string of the molecule is OC(CCCc1ccccc1)c1cc(F)cc(Cl)c1. The van der Waals surface area contributed by atoms with Crippen LogP contribution in [0.5, 0.6) is 0 Å². The zero-order chi connectivity index (χ0) is 13.7. The van der Waals surface area contributed by atoms with Crippen molar-refractivity contribution in [3.63, 3.8) is 0 Å². The summed E-state index contributed by atoms with van der Waals surface area (Å²) in [6, 6.07) is 14.3. The van der Waals surface area contributed by atoms with Gasteiger partial charge in [-0.05, 0) is 48.6 Å². The quantitative estimate of drug-likeness (QED) is 0.851. The van der Waals surface area contributed by atoms with Crippen LogP contribution in [0.25, 0.3) is 0 Å². The van der Waals surface area contributed by atoms with Gasteiger partial charge in [0.15, 0.2) is 0 Å². The Morgan fingerprint density at radius 2 is 1.84 bits per heavy atom. The largest absolute Gasteiger partial charge is 0.388 e. The molecule has 1 N–H and O–H groups in total. The number of aryl methyl sites for hydroxylation is 1. The highest BCUT2D eigenvalue weighted by molar-refractivity contribution is 6.30. The highest BCUT2D eigenvalue weighted by Gasteiger charge is 2.09. The van der Waals surface area contributed by atoms with Crippen LogP contribution in [-0.2, 0) is 6.42 Å². The van der Waals surface area contributed by atoms with Crippen molar-refractivity contribution < 1.29 is 9.50 Å². The van der Waals surface area contributed by atoms with Crippen LogP contribution in [0.1, 0.15) is 30.1 Å². The summed E-state index contributed by atoms with van der Waals surface area (Å²) in [5, 5.41) is 10.3. The number of rotatable bonds is 5. The minimum atomic E-state index is -0.670. The first-order valence-electron chi connectivity index (χ1n) is 6.33. The maximum Gasteiger partial charge on any atom is 0.125 e. The van der Waals surface area contributed by atoms with Crippen molar-refractivity contribution in [3.8, 4) is 0 Å². The van der Waals surface area contributed by atoms with E-state index in [1.807, 2.05) is 18.2 Å². The summed E-state index contributed by atoms with van der Waals surface area (Å²) in [4.78, 5) is 0. The molecule has 2 aromatic carbocycles. The zero-order valence-corrected chi connectivity index (χ0v) is 11.3. The highest BCUT2D eigenvalue weighted by Crippen LogP contribution is 2.23. The van der Waals surface area contributed by atoms with Crippen LogP contribution in [0.2, 0.25) is 5.02 Å². The number of aliphatic hydroxyl groups is 1. The molecule has 100 valence electrons. The van der Waals surface area contributed by atoms with Gasteiger partial charge in [0.25, 0.3) is 0 Å². The molecule has 19 heavy (non-hydrogen) atoms. The Balaban J connectivity index is 1.89. The molecule has 0 saturated heterocycles. The van der Waals surface area contributed by atoms with Crippen molar-refractivity contribution in [2.24, 2.45) is 0 Å². The van der Waals surface area contributed by atoms with Crippen molar-refractivity contribution in [1.82, 2.24) is 0 Å². The van der Waals surface area contributed by atoms with Crippen molar-refractivity contribution in [2.45, 2.75) is 25.4 Å². The predicted molar refractivity (Wildman–Crippen MR) is 75.7 cm³/mol. The van der Waals surface area contributed by atoms with E-state index in [9.17, 15) is 9.50 Å². The molecule has 2 rings (SSSR count). The molecule has 0 heterocycles. The summed E-state index contributed by atoms with van der Waals surface area (Å²) in [7, 11) is 0. The number of hydrogen-bond acceptors (Lipinski definition) is 1. The van der Waals surface area contributed by atoms with E-state index in [0.717, 1.165) is 12.8 Å². The van der Waals surface area contributed by atoms with Crippen molar-refractivity contribution in [2.75, 3.05) is 0 Å². The number of hydrogen-bond donors (Lipinski definition) is 1. The monoisotopic (exact) mass is 278 g/mol. The molecule has 3 heteroatoms. The van der Waals surface area contributed by atoms with Crippen LogP contribution in [0.4, 0.5) is 4.39 Å². The van der Waals surface area contributed by atoms with Gasteiger partial charge in [0.1, 0.15) is 5.82 Å². The van der Waals surface area contributed by atoms with Crippen LogP contribution in [-0.4, -0.2) is 5.11 Å². The summed E-state index contributed by atoms with van der Waals surface area (Å²) < 4.78 is 13.2. The second-order valence-electron chi connectivity index (χ2n) is 4.60. The maximum absolute atomic E-state index is 13.2. The van der Waals surface area contributed by atoms with Gasteiger partial charge in [-0.15, -0.1) is 0 Å². The zero-order valence-electron chi connectivity index (χ0n) is 10.5. The minimum absolute atomic E-state index is 0.317. The van der Waals surface area contributed by atoms with Crippen LogP contribution >= 0.6 is 11.6 Å². The average Bonchev–Trinajstić information content (AvgIpc) is 2.38. The Hall–Kier alpha value is -1.38. The van der Waals surface area contributed by atoms with Gasteiger partial charge in [-0.2, -0.15) is 0 Å². The molecule has 0 radical (unpaired) electrons. The predicted octanol–water partition coefficient (Wildman–Crippen LogP) is 4.54. The average molecular weight is 279 g/mol. The number of halogens is 2. The van der Waals surface area contributed by atoms with Crippen LogP contribution in [0.15, 0.2) is 48.5 Å². The molecular weight excluding hydrogens is 263 g/mol. The Bertz CT molecular complexity index is 507. The third-order valence-electron chi connectivity index (χ3n) is 3.06. The van der Waals surface area contributed by atoms with Crippen LogP contribution in [0.3, 0.4) is 0 Å². The van der Waals surface area contributed by atoms with Crippen molar-refractivity contribution >= 4 is 11.6 Å². The lowest BCUT2D eigenvalue weighted by molar-refractivity contribution is 0.164. The van der Waals surface area contributed by atoms with E-state index >= 15 is 0 Å². The van der Waals surface area contributed by atoms with E-state index in [1.54, 1.807) is 6.07 Å². The summed E-state index contributed by atoms with van der Waals surface area (Å²) >= 11 is 5.77. The first-order chi connectivity index (χ1) is 9.15. The van der Waals surface area contributed by atoms with E-state index in [0.29, 0.717) is 17.0 Å². The second kappa shape index (κ2) is 6.69. The number of benzene rings is 2. The molecule has 0 aliphatic heterocycles. The van der Waals surface area contributed by atoms with E-state index in [4.69, 9.17) is 11.6 Å². The summed E-state index contributed by atoms with van der Waals surface area (Å²) in [6.07, 6.45) is 1.67. The van der Waals surface area contributed by atoms with Gasteiger partial charge in [0, 0.05) is 5.02 Å². The molecular formula is C16H16ClFO. The maximum atomic E-state index is 13.2. The highest BCUT2D eigenvalue weighted by atomic mass is 35.5.